The van der Waals surface area contributed by atoms with Crippen LogP contribution in [0.15, 0.2) is 48.5 Å². The molecule has 0 bridgehead atoms. The number of hydrogen-bond donors (Lipinski definition) is 0. The lowest BCUT2D eigenvalue weighted by Gasteiger charge is -2.21. The molecule has 0 aromatic heterocycles. The third-order valence-corrected chi connectivity index (χ3v) is 6.79. The van der Waals surface area contributed by atoms with Gasteiger partial charge in [0.05, 0.1) is 25.0 Å². The van der Waals surface area contributed by atoms with Crippen LogP contribution in [0.4, 0.5) is 35.1 Å². The van der Waals surface area contributed by atoms with Crippen LogP contribution >= 0.6 is 0 Å². The minimum absolute atomic E-state index is 0.0344. The van der Waals surface area contributed by atoms with Crippen LogP contribution in [-0.4, -0.2) is 37.5 Å². The Bertz CT molecular complexity index is 1050. The highest BCUT2D eigenvalue weighted by Crippen LogP contribution is 2.64. The van der Waals surface area contributed by atoms with E-state index in [-0.39, 0.29) is 37.2 Å². The van der Waals surface area contributed by atoms with Crippen molar-refractivity contribution in [1.29, 1.82) is 0 Å². The number of halogens is 8. The van der Waals surface area contributed by atoms with Crippen LogP contribution in [0.3, 0.4) is 0 Å². The zero-order chi connectivity index (χ0) is 28.5. The Morgan fingerprint density at radius 2 is 0.974 bits per heavy atom. The molecular formula is C26H24F8O4. The molecule has 0 unspecified atom stereocenters. The van der Waals surface area contributed by atoms with Crippen molar-refractivity contribution in [2.45, 2.75) is 49.9 Å². The van der Waals surface area contributed by atoms with Crippen LogP contribution in [0.2, 0.25) is 0 Å². The van der Waals surface area contributed by atoms with Crippen LogP contribution < -0.4 is 0 Å². The van der Waals surface area contributed by atoms with Gasteiger partial charge in [-0.25, -0.2) is 8.78 Å². The molecule has 12 heteroatoms. The Morgan fingerprint density at radius 1 is 0.684 bits per heavy atom. The summed E-state index contributed by atoms with van der Waals surface area (Å²) in [6, 6.07) is 8.13. The normalized spacial score (nSPS) is 26.1. The van der Waals surface area contributed by atoms with Gasteiger partial charge in [0.15, 0.2) is 0 Å². The third-order valence-electron chi connectivity index (χ3n) is 6.79. The van der Waals surface area contributed by atoms with Gasteiger partial charge in [-0.1, -0.05) is 24.3 Å². The molecular weight excluding hydrogens is 528 g/mol. The minimum Gasteiger partial charge on any atom is -0.466 e. The monoisotopic (exact) mass is 552 g/mol. The fourth-order valence-electron chi connectivity index (χ4n) is 4.67. The maximum absolute atomic E-state index is 13.2. The number of rotatable bonds is 6. The largest absolute Gasteiger partial charge is 0.466 e. The molecule has 2 aromatic rings. The molecule has 0 spiro atoms. The number of carbonyl (C=O) groups is 2. The second-order valence-electron chi connectivity index (χ2n) is 8.97. The van der Waals surface area contributed by atoms with E-state index >= 15 is 0 Å². The molecule has 0 amide bonds. The number of ether oxygens (including phenoxy) is 2. The minimum atomic E-state index is -4.57. The van der Waals surface area contributed by atoms with Gasteiger partial charge >= 0.3 is 24.3 Å². The van der Waals surface area contributed by atoms with Gasteiger partial charge in [-0.15, -0.1) is 0 Å². The summed E-state index contributed by atoms with van der Waals surface area (Å²) in [6.07, 6.45) is -9.83. The average Bonchev–Trinajstić information content (AvgIpc) is 3.73. The molecule has 0 aliphatic heterocycles. The van der Waals surface area contributed by atoms with Crippen molar-refractivity contribution in [3.8, 4) is 0 Å². The van der Waals surface area contributed by atoms with Crippen molar-refractivity contribution >= 4 is 11.9 Å². The summed E-state index contributed by atoms with van der Waals surface area (Å²) in [5, 5.41) is 0. The SMILES string of the molecule is CCOC(=O)[C@@H]1C[C@@]1(c1ccc(F)cc1)C(F)(F)F.CCOC(=O)[C@H]1C[C@@]1(c1ccc(F)cc1)C(F)(F)F. The summed E-state index contributed by atoms with van der Waals surface area (Å²) in [5.74, 6) is -5.42. The predicted molar refractivity (Wildman–Crippen MR) is 118 cm³/mol. The first-order valence-corrected chi connectivity index (χ1v) is 11.6. The van der Waals surface area contributed by atoms with E-state index in [1.54, 1.807) is 0 Å². The smallest absolute Gasteiger partial charge is 0.399 e. The first kappa shape index (κ1) is 29.4. The molecule has 38 heavy (non-hydrogen) atoms. The summed E-state index contributed by atoms with van der Waals surface area (Å²) >= 11 is 0. The second-order valence-corrected chi connectivity index (χ2v) is 8.97. The van der Waals surface area contributed by atoms with Crippen molar-refractivity contribution in [3.63, 3.8) is 0 Å². The highest BCUT2D eigenvalue weighted by molar-refractivity contribution is 5.80. The van der Waals surface area contributed by atoms with Crippen molar-refractivity contribution in [3.05, 3.63) is 71.3 Å². The van der Waals surface area contributed by atoms with Crippen molar-refractivity contribution in [1.82, 2.24) is 0 Å². The maximum atomic E-state index is 13.2. The van der Waals surface area contributed by atoms with Crippen LogP contribution in [0.1, 0.15) is 37.8 Å². The van der Waals surface area contributed by atoms with Gasteiger partial charge in [-0.05, 0) is 62.1 Å². The fourth-order valence-corrected chi connectivity index (χ4v) is 4.67. The molecule has 2 aliphatic rings. The van der Waals surface area contributed by atoms with Crippen LogP contribution in [-0.2, 0) is 29.9 Å². The zero-order valence-corrected chi connectivity index (χ0v) is 20.3. The van der Waals surface area contributed by atoms with E-state index in [0.717, 1.165) is 48.5 Å². The van der Waals surface area contributed by atoms with E-state index in [1.807, 2.05) is 0 Å². The Morgan fingerprint density at radius 3 is 1.21 bits per heavy atom. The van der Waals surface area contributed by atoms with Crippen LogP contribution in [0.25, 0.3) is 0 Å². The molecule has 2 aliphatic carbocycles. The molecule has 4 atom stereocenters. The number of hydrogen-bond acceptors (Lipinski definition) is 4. The highest BCUT2D eigenvalue weighted by atomic mass is 19.4. The molecule has 208 valence electrons. The van der Waals surface area contributed by atoms with E-state index in [1.165, 1.54) is 13.8 Å². The van der Waals surface area contributed by atoms with Gasteiger partial charge in [-0.3, -0.25) is 9.59 Å². The standard InChI is InChI=1S/2C13H12F4O2/c2*1-2-19-11(18)10-7-12(10,13(15,16)17)8-3-5-9(14)6-4-8/h2*3-6,10H,2,7H2,1H3/t10-,12+;10-,12-/m10/s1. The molecule has 4 nitrogen and oxygen atoms in total. The van der Waals surface area contributed by atoms with Crippen molar-refractivity contribution < 1.29 is 54.2 Å². The average molecular weight is 552 g/mol. The lowest BCUT2D eigenvalue weighted by molar-refractivity contribution is -0.172. The molecule has 2 fully saturated rings. The first-order chi connectivity index (χ1) is 17.7. The Hall–Kier alpha value is -3.18. The van der Waals surface area contributed by atoms with Gasteiger partial charge in [0.1, 0.15) is 22.5 Å². The summed E-state index contributed by atoms with van der Waals surface area (Å²) < 4.78 is 114. The Kier molecular flexibility index (Phi) is 8.14. The third kappa shape index (κ3) is 5.35. The molecule has 0 saturated heterocycles. The number of carbonyl (C=O) groups excluding carboxylic acids is 2. The molecule has 0 N–H and O–H groups in total. The summed E-state index contributed by atoms with van der Waals surface area (Å²) in [5.41, 5.74) is -4.65. The van der Waals surface area contributed by atoms with Crippen LogP contribution in [0.5, 0.6) is 0 Å². The van der Waals surface area contributed by atoms with E-state index in [2.05, 4.69) is 9.47 Å². The molecule has 4 rings (SSSR count). The summed E-state index contributed by atoms with van der Waals surface area (Å²) in [7, 11) is 0. The van der Waals surface area contributed by atoms with E-state index in [4.69, 9.17) is 0 Å². The Balaban J connectivity index is 0.000000211. The van der Waals surface area contributed by atoms with Crippen molar-refractivity contribution in [2.24, 2.45) is 11.8 Å². The quantitative estimate of drug-likeness (QED) is 0.307. The predicted octanol–water partition coefficient (Wildman–Crippen LogP) is 6.42. The number of benzene rings is 2. The topological polar surface area (TPSA) is 52.6 Å². The number of alkyl halides is 6. The first-order valence-electron chi connectivity index (χ1n) is 11.6. The van der Waals surface area contributed by atoms with E-state index in [9.17, 15) is 44.7 Å². The highest BCUT2D eigenvalue weighted by Gasteiger charge is 2.75. The van der Waals surface area contributed by atoms with E-state index in [0.29, 0.717) is 0 Å². The van der Waals surface area contributed by atoms with Crippen LogP contribution in [0, 0.1) is 23.5 Å². The van der Waals surface area contributed by atoms with Crippen molar-refractivity contribution in [2.75, 3.05) is 13.2 Å². The summed E-state index contributed by atoms with van der Waals surface area (Å²) in [4.78, 5) is 23.0. The molecule has 0 heterocycles. The van der Waals surface area contributed by atoms with Gasteiger partial charge in [-0.2, -0.15) is 26.3 Å². The zero-order valence-electron chi connectivity index (χ0n) is 20.3. The maximum Gasteiger partial charge on any atom is 0.399 e. The molecule has 2 saturated carbocycles. The van der Waals surface area contributed by atoms with Gasteiger partial charge < -0.3 is 9.47 Å². The Labute approximate surface area is 212 Å². The lowest BCUT2D eigenvalue weighted by Crippen LogP contribution is -2.33. The number of esters is 2. The lowest BCUT2D eigenvalue weighted by atomic mass is 9.92. The van der Waals surface area contributed by atoms with E-state index < -0.39 is 58.6 Å². The van der Waals surface area contributed by atoms with Gasteiger partial charge in [0.2, 0.25) is 0 Å². The van der Waals surface area contributed by atoms with Gasteiger partial charge in [0, 0.05) is 0 Å². The second kappa shape index (κ2) is 10.5. The molecule has 0 radical (unpaired) electrons. The summed E-state index contributed by atoms with van der Waals surface area (Å²) in [6.45, 7) is 3.14. The fraction of sp³-hybridized carbons (Fsp3) is 0.462. The van der Waals surface area contributed by atoms with Gasteiger partial charge in [0.25, 0.3) is 0 Å². The molecule has 2 aromatic carbocycles.